The highest BCUT2D eigenvalue weighted by Crippen LogP contribution is 2.16. The fourth-order valence-electron chi connectivity index (χ4n) is 7.13. The summed E-state index contributed by atoms with van der Waals surface area (Å²) in [5.74, 6) is -1.62. The molecular formula is C50H46N12O12. The molecule has 0 saturated heterocycles. The van der Waals surface area contributed by atoms with Crippen LogP contribution in [-0.2, 0) is 28.5 Å². The van der Waals surface area contributed by atoms with E-state index in [9.17, 15) is 33.6 Å². The average Bonchev–Trinajstić information content (AvgIpc) is 4.18. The number of nitrogens with two attached hydrogens (primary N) is 1. The molecule has 4 aromatic carbocycles. The summed E-state index contributed by atoms with van der Waals surface area (Å²) in [7, 11) is 1.33. The third-order valence-electron chi connectivity index (χ3n) is 10.3. The molecule has 7 heterocycles. The normalized spacial score (nSPS) is 10.5. The number of ether oxygens (including phenoxy) is 4. The number of carboxylic acid groups (broad SMARTS) is 1. The quantitative estimate of drug-likeness (QED) is 0.0285. The van der Waals surface area contributed by atoms with E-state index in [4.69, 9.17) is 15.6 Å². The van der Waals surface area contributed by atoms with Crippen molar-refractivity contribution < 1.29 is 43.2 Å². The van der Waals surface area contributed by atoms with Gasteiger partial charge in [0.25, 0.3) is 16.7 Å². The molecule has 0 atom stereocenters. The number of aromatic nitrogens is 11. The number of esters is 3. The summed E-state index contributed by atoms with van der Waals surface area (Å²) >= 11 is 0. The number of para-hydroxylation sites is 8. The molecule has 7 N–H and O–H groups in total. The summed E-state index contributed by atoms with van der Waals surface area (Å²) in [6.07, 6.45) is 4.82. The van der Waals surface area contributed by atoms with Crippen molar-refractivity contribution in [2.75, 3.05) is 32.7 Å². The molecule has 0 aliphatic rings. The first-order valence-corrected chi connectivity index (χ1v) is 22.4. The van der Waals surface area contributed by atoms with Crippen LogP contribution in [0.3, 0.4) is 0 Å². The van der Waals surface area contributed by atoms with Crippen LogP contribution < -0.4 is 22.4 Å². The van der Waals surface area contributed by atoms with Crippen LogP contribution in [0.5, 0.6) is 0 Å². The van der Waals surface area contributed by atoms with Crippen molar-refractivity contribution in [3.63, 3.8) is 0 Å². The van der Waals surface area contributed by atoms with E-state index in [1.54, 1.807) is 49.4 Å². The largest absolute Gasteiger partial charge is 0.503 e. The van der Waals surface area contributed by atoms with Crippen LogP contribution >= 0.6 is 0 Å². The number of anilines is 1. The van der Waals surface area contributed by atoms with E-state index in [0.717, 1.165) is 45.6 Å². The number of carbonyl (C=O) groups is 4. The van der Waals surface area contributed by atoms with E-state index in [-0.39, 0.29) is 42.1 Å². The number of nitrogen functional groups attached to an aromatic ring is 1. The first-order chi connectivity index (χ1) is 35.8. The number of hydrogen-bond donors (Lipinski definition) is 6. The molecule has 0 aliphatic carbocycles. The molecule has 0 aliphatic heterocycles. The third kappa shape index (κ3) is 11.3. The van der Waals surface area contributed by atoms with Gasteiger partial charge in [0.1, 0.15) is 17.4 Å². The Morgan fingerprint density at radius 2 is 1.03 bits per heavy atom. The SMILES string of the molecule is CCOC(=O)C(=COC)C(=O)OCC.CCOC(=O)c1cnc2[nH]c3ccccc3n2c1=O.Nc1nc2ccccc2[nH]1.O=C(O)c1cnc2[nH]c3ccccc3n2c1=O.O=c1ccnc2[nH]c3ccccc3n12. The Hall–Kier alpha value is -10.4. The number of aromatic amines is 4. The Morgan fingerprint density at radius 3 is 1.51 bits per heavy atom. The maximum absolute atomic E-state index is 12.3. The van der Waals surface area contributed by atoms with Crippen LogP contribution in [0.15, 0.2) is 148 Å². The Bertz CT molecular complexity index is 4000. The van der Waals surface area contributed by atoms with Gasteiger partial charge in [-0.2, -0.15) is 0 Å². The summed E-state index contributed by atoms with van der Waals surface area (Å²) in [5.41, 5.74) is 10.2. The van der Waals surface area contributed by atoms with Crippen molar-refractivity contribution in [2.24, 2.45) is 0 Å². The van der Waals surface area contributed by atoms with Crippen LogP contribution in [0.4, 0.5) is 5.95 Å². The molecular weight excluding hydrogens is 961 g/mol. The van der Waals surface area contributed by atoms with Crippen molar-refractivity contribution in [3.8, 4) is 0 Å². The smallest absolute Gasteiger partial charge is 0.348 e. The maximum atomic E-state index is 12.3. The monoisotopic (exact) mass is 1010 g/mol. The van der Waals surface area contributed by atoms with Gasteiger partial charge in [-0.25, -0.2) is 52.3 Å². The van der Waals surface area contributed by atoms with Gasteiger partial charge >= 0.3 is 23.9 Å². The summed E-state index contributed by atoms with van der Waals surface area (Å²) in [6.45, 7) is 5.58. The molecule has 0 spiro atoms. The highest BCUT2D eigenvalue weighted by atomic mass is 16.6. The van der Waals surface area contributed by atoms with Gasteiger partial charge < -0.3 is 49.7 Å². The van der Waals surface area contributed by atoms with Gasteiger partial charge in [-0.05, 0) is 69.3 Å². The minimum absolute atomic E-state index is 0.0625. The van der Waals surface area contributed by atoms with E-state index in [1.807, 2.05) is 72.8 Å². The molecule has 0 unspecified atom stereocenters. The van der Waals surface area contributed by atoms with Gasteiger partial charge in [0, 0.05) is 12.3 Å². The Balaban J connectivity index is 0.000000137. The van der Waals surface area contributed by atoms with Crippen molar-refractivity contribution in [1.29, 1.82) is 0 Å². The lowest BCUT2D eigenvalue weighted by Gasteiger charge is -2.05. The molecule has 74 heavy (non-hydrogen) atoms. The Kier molecular flexibility index (Phi) is 16.3. The number of carboxylic acids is 1. The lowest BCUT2D eigenvalue weighted by molar-refractivity contribution is -0.146. The second-order valence-electron chi connectivity index (χ2n) is 15.0. The number of carbonyl (C=O) groups excluding carboxylic acids is 3. The Labute approximate surface area is 415 Å². The third-order valence-corrected chi connectivity index (χ3v) is 10.3. The van der Waals surface area contributed by atoms with Gasteiger partial charge in [0.15, 0.2) is 11.5 Å². The summed E-state index contributed by atoms with van der Waals surface area (Å²) in [6, 6.07) is 31.2. The number of hydrogen-bond acceptors (Lipinski definition) is 16. The second-order valence-corrected chi connectivity index (χ2v) is 15.0. The molecule has 24 nitrogen and oxygen atoms in total. The van der Waals surface area contributed by atoms with Gasteiger partial charge in [0.2, 0.25) is 17.3 Å². The molecule has 0 bridgehead atoms. The number of benzene rings is 4. The molecule has 0 fully saturated rings. The molecule has 0 radical (unpaired) electrons. The van der Waals surface area contributed by atoms with Crippen LogP contribution in [0.1, 0.15) is 41.5 Å². The van der Waals surface area contributed by atoms with Gasteiger partial charge in [-0.15, -0.1) is 0 Å². The number of imidazole rings is 4. The lowest BCUT2D eigenvalue weighted by Crippen LogP contribution is -2.23. The highest BCUT2D eigenvalue weighted by Gasteiger charge is 2.21. The van der Waals surface area contributed by atoms with Crippen molar-refractivity contribution in [1.82, 2.24) is 53.1 Å². The van der Waals surface area contributed by atoms with E-state index >= 15 is 0 Å². The summed E-state index contributed by atoms with van der Waals surface area (Å²) < 4.78 is 22.9. The predicted molar refractivity (Wildman–Crippen MR) is 272 cm³/mol. The first-order valence-electron chi connectivity index (χ1n) is 22.4. The molecule has 378 valence electrons. The van der Waals surface area contributed by atoms with Gasteiger partial charge in [-0.3, -0.25) is 14.4 Å². The Morgan fingerprint density at radius 1 is 0.581 bits per heavy atom. The fourth-order valence-corrected chi connectivity index (χ4v) is 7.13. The van der Waals surface area contributed by atoms with E-state index in [1.165, 1.54) is 34.4 Å². The van der Waals surface area contributed by atoms with Gasteiger partial charge in [-0.1, -0.05) is 48.5 Å². The summed E-state index contributed by atoms with van der Waals surface area (Å²) in [5, 5.41) is 8.87. The van der Waals surface area contributed by atoms with Gasteiger partial charge in [0.05, 0.1) is 83.5 Å². The zero-order chi connectivity index (χ0) is 52.9. The maximum Gasteiger partial charge on any atom is 0.348 e. The van der Waals surface area contributed by atoms with Crippen molar-refractivity contribution in [3.05, 3.63) is 176 Å². The molecule has 24 heteroatoms. The van der Waals surface area contributed by atoms with Crippen LogP contribution in [0.2, 0.25) is 0 Å². The topological polar surface area (TPSA) is 331 Å². The number of H-pyrrole nitrogens is 4. The highest BCUT2D eigenvalue weighted by molar-refractivity contribution is 6.13. The number of fused-ring (bicyclic) bond motifs is 10. The number of nitrogens with zero attached hydrogens (tertiary/aromatic N) is 7. The summed E-state index contributed by atoms with van der Waals surface area (Å²) in [4.78, 5) is 109. The van der Waals surface area contributed by atoms with E-state index in [2.05, 4.69) is 54.1 Å². The van der Waals surface area contributed by atoms with Crippen molar-refractivity contribution in [2.45, 2.75) is 20.8 Å². The fraction of sp³-hybridized carbons (Fsp3) is 0.140. The van der Waals surface area contributed by atoms with E-state index < -0.39 is 35.0 Å². The predicted octanol–water partition coefficient (Wildman–Crippen LogP) is 5.19. The first kappa shape index (κ1) is 51.5. The van der Waals surface area contributed by atoms with Crippen LogP contribution in [0, 0.1) is 0 Å². The van der Waals surface area contributed by atoms with Crippen molar-refractivity contribution >= 4 is 91.3 Å². The number of methoxy groups -OCH3 is 1. The minimum Gasteiger partial charge on any atom is -0.503 e. The number of rotatable bonds is 8. The zero-order valence-corrected chi connectivity index (χ0v) is 39.9. The molecule has 0 saturated carbocycles. The van der Waals surface area contributed by atoms with E-state index in [0.29, 0.717) is 34.3 Å². The lowest BCUT2D eigenvalue weighted by atomic mass is 10.3. The molecule has 7 aromatic heterocycles. The average molecular weight is 1010 g/mol. The second kappa shape index (κ2) is 23.5. The standard InChI is InChI=1S/C13H11N3O3.C11H7N3O3.C10H7N3O.C9H14O5.C7H7N3/c1-2-19-12(18)8-7-14-13-15-9-5-3-4-6-10(9)16(13)11(8)17;15-9-6(10(16)17)5-12-11-13-7-3-1-2-4-8(7)14(9)11;14-9-5-6-11-10-12-7-3-1-2-4-8(7)13(9)10;1-4-13-8(10)7(6-12-3)9(11)14-5-2;8-7-9-5-3-1-2-4-6(5)10-7/h3-7H,2H2,1H3,(H,14,15);1-5H,(H,12,13)(H,16,17);1-6H,(H,11,12);6H,4-5H2,1-3H3;1-4H,(H3,8,9,10). The minimum atomic E-state index is -1.28. The molecule has 0 amide bonds. The van der Waals surface area contributed by atoms with Crippen LogP contribution in [0.25, 0.3) is 61.5 Å². The molecule has 11 rings (SSSR count). The number of nitrogens with one attached hydrogen (secondary N) is 4. The van der Waals surface area contributed by atoms with Crippen LogP contribution in [-0.4, -0.2) is 109 Å². The molecule has 11 aromatic rings. The number of aromatic carboxylic acids is 1. The zero-order valence-electron chi connectivity index (χ0n) is 39.9.